The van der Waals surface area contributed by atoms with Crippen LogP contribution < -0.4 is 0 Å². The maximum absolute atomic E-state index is 12.7. The van der Waals surface area contributed by atoms with Gasteiger partial charge in [-0.25, -0.2) is 0 Å². The molecule has 0 aromatic carbocycles. The summed E-state index contributed by atoms with van der Waals surface area (Å²) in [6.07, 6.45) is 5.55. The first-order valence-electron chi connectivity index (χ1n) is 8.13. The molecule has 0 spiro atoms. The van der Waals surface area contributed by atoms with Gasteiger partial charge in [0.2, 0.25) is 5.91 Å². The Hall–Kier alpha value is -2.47. The van der Waals surface area contributed by atoms with Crippen molar-refractivity contribution in [3.63, 3.8) is 0 Å². The monoisotopic (exact) mass is 326 g/mol. The maximum Gasteiger partial charge on any atom is 0.228 e. The summed E-state index contributed by atoms with van der Waals surface area (Å²) < 4.78 is 7.57. The number of amides is 1. The minimum atomic E-state index is 0.0806. The molecule has 1 aliphatic heterocycles. The molecule has 0 radical (unpaired) electrons. The molecule has 3 heterocycles. The van der Waals surface area contributed by atoms with Gasteiger partial charge in [0.1, 0.15) is 0 Å². The predicted octanol–water partition coefficient (Wildman–Crippen LogP) is 1.68. The fourth-order valence-electron chi connectivity index (χ4n) is 2.92. The number of rotatable bonds is 6. The third kappa shape index (κ3) is 4.08. The van der Waals surface area contributed by atoms with Crippen LogP contribution in [0.1, 0.15) is 11.4 Å². The van der Waals surface area contributed by atoms with E-state index in [0.717, 1.165) is 17.9 Å². The van der Waals surface area contributed by atoms with Crippen LogP contribution in [0.4, 0.5) is 0 Å². The third-order valence-corrected chi connectivity index (χ3v) is 4.07. The molecule has 126 valence electrons. The SMILES string of the molecule is C=CCOCC1CN(C(=O)Cc2ccccn2)Cc2ccnn2C1. The highest BCUT2D eigenvalue weighted by molar-refractivity contribution is 5.78. The fraction of sp³-hybridized carbons (Fsp3) is 0.389. The molecular weight excluding hydrogens is 304 g/mol. The topological polar surface area (TPSA) is 60.2 Å². The molecule has 1 aliphatic rings. The molecule has 6 heteroatoms. The van der Waals surface area contributed by atoms with Crippen LogP contribution in [0, 0.1) is 5.92 Å². The first kappa shape index (κ1) is 16.4. The van der Waals surface area contributed by atoms with Gasteiger partial charge in [0.05, 0.1) is 31.9 Å². The lowest BCUT2D eigenvalue weighted by Gasteiger charge is -2.24. The summed E-state index contributed by atoms with van der Waals surface area (Å²) in [4.78, 5) is 18.9. The quantitative estimate of drug-likeness (QED) is 0.599. The van der Waals surface area contributed by atoms with Gasteiger partial charge >= 0.3 is 0 Å². The van der Waals surface area contributed by atoms with Gasteiger partial charge in [0, 0.05) is 37.1 Å². The van der Waals surface area contributed by atoms with Gasteiger partial charge < -0.3 is 9.64 Å². The molecule has 0 N–H and O–H groups in total. The zero-order valence-corrected chi connectivity index (χ0v) is 13.7. The van der Waals surface area contributed by atoms with Gasteiger partial charge in [0.25, 0.3) is 0 Å². The second kappa shape index (κ2) is 7.88. The molecule has 0 saturated heterocycles. The second-order valence-electron chi connectivity index (χ2n) is 5.97. The summed E-state index contributed by atoms with van der Waals surface area (Å²) in [7, 11) is 0. The van der Waals surface area contributed by atoms with Crippen molar-refractivity contribution in [1.82, 2.24) is 19.7 Å². The Balaban J connectivity index is 1.71. The van der Waals surface area contributed by atoms with Gasteiger partial charge in [-0.2, -0.15) is 5.10 Å². The van der Waals surface area contributed by atoms with Gasteiger partial charge in [-0.1, -0.05) is 12.1 Å². The Bertz CT molecular complexity index is 683. The van der Waals surface area contributed by atoms with E-state index in [1.165, 1.54) is 0 Å². The summed E-state index contributed by atoms with van der Waals surface area (Å²) in [5.41, 5.74) is 1.84. The van der Waals surface area contributed by atoms with Crippen molar-refractivity contribution in [3.8, 4) is 0 Å². The van der Waals surface area contributed by atoms with Crippen LogP contribution in [-0.2, 0) is 29.0 Å². The van der Waals surface area contributed by atoms with Crippen molar-refractivity contribution >= 4 is 5.91 Å². The summed E-state index contributed by atoms with van der Waals surface area (Å²) >= 11 is 0. The number of pyridine rings is 1. The van der Waals surface area contributed by atoms with Crippen LogP contribution in [0.3, 0.4) is 0 Å². The minimum absolute atomic E-state index is 0.0806. The van der Waals surface area contributed by atoms with Crippen LogP contribution in [-0.4, -0.2) is 45.3 Å². The van der Waals surface area contributed by atoms with E-state index in [-0.39, 0.29) is 11.8 Å². The summed E-state index contributed by atoms with van der Waals surface area (Å²) in [5.74, 6) is 0.288. The van der Waals surface area contributed by atoms with Crippen molar-refractivity contribution in [2.45, 2.75) is 19.5 Å². The first-order chi connectivity index (χ1) is 11.8. The van der Waals surface area contributed by atoms with Crippen molar-refractivity contribution in [3.05, 3.63) is 60.7 Å². The van der Waals surface area contributed by atoms with E-state index in [1.807, 2.05) is 33.8 Å². The molecule has 0 aliphatic carbocycles. The van der Waals surface area contributed by atoms with E-state index < -0.39 is 0 Å². The van der Waals surface area contributed by atoms with Crippen molar-refractivity contribution in [2.24, 2.45) is 5.92 Å². The largest absolute Gasteiger partial charge is 0.377 e. The lowest BCUT2D eigenvalue weighted by Crippen LogP contribution is -2.36. The van der Waals surface area contributed by atoms with Crippen LogP contribution in [0.15, 0.2) is 49.3 Å². The van der Waals surface area contributed by atoms with Crippen molar-refractivity contribution in [2.75, 3.05) is 19.8 Å². The van der Waals surface area contributed by atoms with Crippen LogP contribution in [0.25, 0.3) is 0 Å². The number of ether oxygens (including phenoxy) is 1. The van der Waals surface area contributed by atoms with Gasteiger partial charge in [0.15, 0.2) is 0 Å². The van der Waals surface area contributed by atoms with Crippen LogP contribution >= 0.6 is 0 Å². The minimum Gasteiger partial charge on any atom is -0.377 e. The molecule has 1 unspecified atom stereocenters. The molecule has 2 aromatic rings. The molecule has 3 rings (SSSR count). The normalized spacial score (nSPS) is 17.2. The number of hydrogen-bond donors (Lipinski definition) is 0. The van der Waals surface area contributed by atoms with E-state index in [1.54, 1.807) is 18.5 Å². The molecule has 1 amide bonds. The maximum atomic E-state index is 12.7. The van der Waals surface area contributed by atoms with Crippen LogP contribution in [0.5, 0.6) is 0 Å². The zero-order valence-electron chi connectivity index (χ0n) is 13.7. The average Bonchev–Trinajstić information content (AvgIpc) is 2.94. The van der Waals surface area contributed by atoms with E-state index in [0.29, 0.717) is 32.7 Å². The van der Waals surface area contributed by atoms with Crippen LogP contribution in [0.2, 0.25) is 0 Å². The predicted molar refractivity (Wildman–Crippen MR) is 90.1 cm³/mol. The molecular formula is C18H22N4O2. The zero-order chi connectivity index (χ0) is 16.8. The molecule has 0 saturated carbocycles. The molecule has 0 fully saturated rings. The highest BCUT2D eigenvalue weighted by atomic mass is 16.5. The van der Waals surface area contributed by atoms with Gasteiger partial charge in [-0.05, 0) is 18.2 Å². The number of fused-ring (bicyclic) bond motifs is 1. The second-order valence-corrected chi connectivity index (χ2v) is 5.97. The van der Waals surface area contributed by atoms with Gasteiger partial charge in [-0.3, -0.25) is 14.5 Å². The Morgan fingerprint density at radius 2 is 2.25 bits per heavy atom. The van der Waals surface area contributed by atoms with Crippen molar-refractivity contribution in [1.29, 1.82) is 0 Å². The van der Waals surface area contributed by atoms with Crippen molar-refractivity contribution < 1.29 is 9.53 Å². The first-order valence-corrected chi connectivity index (χ1v) is 8.13. The smallest absolute Gasteiger partial charge is 0.228 e. The summed E-state index contributed by atoms with van der Waals surface area (Å²) in [5, 5.41) is 4.36. The highest BCUT2D eigenvalue weighted by Crippen LogP contribution is 2.17. The molecule has 6 nitrogen and oxygen atoms in total. The Labute approximate surface area is 141 Å². The molecule has 2 aromatic heterocycles. The number of hydrogen-bond acceptors (Lipinski definition) is 4. The Morgan fingerprint density at radius 3 is 3.04 bits per heavy atom. The van der Waals surface area contributed by atoms with E-state index in [4.69, 9.17) is 4.74 Å². The summed E-state index contributed by atoms with van der Waals surface area (Å²) in [6.45, 7) is 6.75. The Kier molecular flexibility index (Phi) is 5.38. The lowest BCUT2D eigenvalue weighted by molar-refractivity contribution is -0.132. The lowest BCUT2D eigenvalue weighted by atomic mass is 10.1. The fourth-order valence-corrected chi connectivity index (χ4v) is 2.92. The number of carbonyl (C=O) groups is 1. The average molecular weight is 326 g/mol. The number of nitrogens with zero attached hydrogens (tertiary/aromatic N) is 4. The highest BCUT2D eigenvalue weighted by Gasteiger charge is 2.25. The number of aromatic nitrogens is 3. The van der Waals surface area contributed by atoms with E-state index >= 15 is 0 Å². The number of carbonyl (C=O) groups excluding carboxylic acids is 1. The Morgan fingerprint density at radius 1 is 1.33 bits per heavy atom. The van der Waals surface area contributed by atoms with E-state index in [9.17, 15) is 4.79 Å². The summed E-state index contributed by atoms with van der Waals surface area (Å²) in [6, 6.07) is 7.60. The standard InChI is InChI=1S/C18H22N4O2/c1-2-9-24-14-15-11-21(13-17-6-8-20-22(17)12-15)18(23)10-16-5-3-4-7-19-16/h2-8,15H,1,9-14H2. The van der Waals surface area contributed by atoms with Gasteiger partial charge in [-0.15, -0.1) is 6.58 Å². The van der Waals surface area contributed by atoms with E-state index in [2.05, 4.69) is 16.7 Å². The molecule has 1 atom stereocenters. The third-order valence-electron chi connectivity index (χ3n) is 4.07. The molecule has 24 heavy (non-hydrogen) atoms. The molecule has 0 bridgehead atoms.